The van der Waals surface area contributed by atoms with Gasteiger partial charge >= 0.3 is 0 Å². The summed E-state index contributed by atoms with van der Waals surface area (Å²) in [4.78, 5) is 1.08. The van der Waals surface area contributed by atoms with Gasteiger partial charge in [0.05, 0.1) is 0 Å². The van der Waals surface area contributed by atoms with E-state index >= 15 is 0 Å². The molecule has 0 atom stereocenters. The van der Waals surface area contributed by atoms with Crippen LogP contribution in [0.5, 0.6) is 5.75 Å². The van der Waals surface area contributed by atoms with Crippen LogP contribution in [0.25, 0.3) is 0 Å². The molecule has 0 unspecified atom stereocenters. The molecule has 2 nitrogen and oxygen atoms in total. The molecule has 0 radical (unpaired) electrons. The van der Waals surface area contributed by atoms with Crippen LogP contribution in [0.3, 0.4) is 0 Å². The summed E-state index contributed by atoms with van der Waals surface area (Å²) in [6.45, 7) is 6.51. The minimum Gasteiger partial charge on any atom is -0.544 e. The molecule has 0 aromatic heterocycles. The monoisotopic (exact) mass is 227 g/mol. The van der Waals surface area contributed by atoms with Crippen molar-refractivity contribution in [3.05, 3.63) is 18.2 Å². The Labute approximate surface area is 91.0 Å². The third-order valence-corrected chi connectivity index (χ3v) is 3.27. The molecule has 4 heteroatoms. The molecule has 1 aromatic carbocycles. The zero-order valence-electron chi connectivity index (χ0n) is 9.13. The standard InChI is InChI=1S/C10H17NOSSi/c1-13-10-7-8(5-6-9(10)11)12-14(2,3)4/h5-7H,11H2,1-4H3. The van der Waals surface area contributed by atoms with Crippen LogP contribution in [-0.2, 0) is 0 Å². The lowest BCUT2D eigenvalue weighted by atomic mass is 10.3. The van der Waals surface area contributed by atoms with Crippen molar-refractivity contribution < 1.29 is 4.43 Å². The van der Waals surface area contributed by atoms with E-state index in [0.29, 0.717) is 0 Å². The second-order valence-corrected chi connectivity index (χ2v) is 9.40. The smallest absolute Gasteiger partial charge is 0.242 e. The van der Waals surface area contributed by atoms with Crippen LogP contribution in [0.15, 0.2) is 23.1 Å². The van der Waals surface area contributed by atoms with Gasteiger partial charge < -0.3 is 10.2 Å². The summed E-state index contributed by atoms with van der Waals surface area (Å²) in [5.74, 6) is 0.933. The average molecular weight is 227 g/mol. The maximum absolute atomic E-state index is 5.87. The number of hydrogen-bond donors (Lipinski definition) is 1. The maximum atomic E-state index is 5.87. The van der Waals surface area contributed by atoms with Gasteiger partial charge in [0.2, 0.25) is 8.32 Å². The zero-order chi connectivity index (χ0) is 10.8. The van der Waals surface area contributed by atoms with Crippen LogP contribution < -0.4 is 10.2 Å². The fraction of sp³-hybridized carbons (Fsp3) is 0.400. The Morgan fingerprint density at radius 2 is 1.93 bits per heavy atom. The normalized spacial score (nSPS) is 11.4. The van der Waals surface area contributed by atoms with Crippen LogP contribution >= 0.6 is 11.8 Å². The molecule has 78 valence electrons. The molecule has 0 bridgehead atoms. The number of nitrogen functional groups attached to an aromatic ring is 1. The summed E-state index contributed by atoms with van der Waals surface area (Å²) in [6, 6.07) is 5.85. The van der Waals surface area contributed by atoms with Crippen molar-refractivity contribution in [2.24, 2.45) is 0 Å². The average Bonchev–Trinajstić information content (AvgIpc) is 2.06. The highest BCUT2D eigenvalue weighted by Gasteiger charge is 2.16. The van der Waals surface area contributed by atoms with Crippen molar-refractivity contribution in [1.82, 2.24) is 0 Å². The largest absolute Gasteiger partial charge is 0.544 e. The molecule has 0 aliphatic heterocycles. The van der Waals surface area contributed by atoms with Crippen LogP contribution in [-0.4, -0.2) is 14.6 Å². The summed E-state index contributed by atoms with van der Waals surface area (Å²) < 4.78 is 5.87. The predicted molar refractivity (Wildman–Crippen MR) is 66.6 cm³/mol. The van der Waals surface area contributed by atoms with Crippen molar-refractivity contribution in [1.29, 1.82) is 0 Å². The van der Waals surface area contributed by atoms with E-state index in [1.807, 2.05) is 24.5 Å². The van der Waals surface area contributed by atoms with Gasteiger partial charge in [-0.3, -0.25) is 0 Å². The van der Waals surface area contributed by atoms with Crippen molar-refractivity contribution >= 4 is 25.8 Å². The molecular weight excluding hydrogens is 210 g/mol. The number of hydrogen-bond acceptors (Lipinski definition) is 3. The molecule has 2 N–H and O–H groups in total. The molecule has 1 rings (SSSR count). The first-order chi connectivity index (χ1) is 6.42. The van der Waals surface area contributed by atoms with E-state index in [4.69, 9.17) is 10.2 Å². The maximum Gasteiger partial charge on any atom is 0.242 e. The van der Waals surface area contributed by atoms with Crippen LogP contribution in [0, 0.1) is 0 Å². The molecule has 0 saturated carbocycles. The first kappa shape index (κ1) is 11.5. The summed E-state index contributed by atoms with van der Waals surface area (Å²) in [7, 11) is -1.50. The molecule has 0 saturated heterocycles. The van der Waals surface area contributed by atoms with E-state index in [1.165, 1.54) is 0 Å². The topological polar surface area (TPSA) is 35.2 Å². The van der Waals surface area contributed by atoms with Gasteiger partial charge in [-0.2, -0.15) is 0 Å². The third kappa shape index (κ3) is 3.27. The molecule has 0 heterocycles. The molecule has 1 aromatic rings. The summed E-state index contributed by atoms with van der Waals surface area (Å²) in [6.07, 6.45) is 2.02. The van der Waals surface area contributed by atoms with E-state index in [-0.39, 0.29) is 0 Å². The van der Waals surface area contributed by atoms with Gasteiger partial charge in [-0.05, 0) is 44.1 Å². The molecule has 0 spiro atoms. The number of anilines is 1. The van der Waals surface area contributed by atoms with E-state index in [0.717, 1.165) is 16.3 Å². The van der Waals surface area contributed by atoms with Gasteiger partial charge in [-0.1, -0.05) is 0 Å². The fourth-order valence-electron chi connectivity index (χ4n) is 1.11. The van der Waals surface area contributed by atoms with Crippen molar-refractivity contribution in [2.45, 2.75) is 24.5 Å². The predicted octanol–water partition coefficient (Wildman–Crippen LogP) is 3.20. The van der Waals surface area contributed by atoms with Gasteiger partial charge in [0.25, 0.3) is 0 Å². The Bertz CT molecular complexity index is 322. The zero-order valence-corrected chi connectivity index (χ0v) is 10.9. The first-order valence-electron chi connectivity index (χ1n) is 4.55. The first-order valence-corrected chi connectivity index (χ1v) is 9.18. The van der Waals surface area contributed by atoms with E-state index in [2.05, 4.69) is 19.6 Å². The second kappa shape index (κ2) is 4.27. The summed E-state index contributed by atoms with van der Waals surface area (Å²) >= 11 is 1.65. The van der Waals surface area contributed by atoms with Crippen molar-refractivity contribution in [3.8, 4) is 5.75 Å². The Kier molecular flexibility index (Phi) is 3.50. The molecular formula is C10H17NOSSi. The number of rotatable bonds is 3. The Morgan fingerprint density at radius 1 is 1.29 bits per heavy atom. The van der Waals surface area contributed by atoms with Gasteiger partial charge in [0.1, 0.15) is 5.75 Å². The molecule has 0 amide bonds. The highest BCUT2D eigenvalue weighted by Crippen LogP contribution is 2.28. The van der Waals surface area contributed by atoms with Gasteiger partial charge in [-0.25, -0.2) is 0 Å². The Morgan fingerprint density at radius 3 is 2.43 bits per heavy atom. The number of benzene rings is 1. The highest BCUT2D eigenvalue weighted by molar-refractivity contribution is 7.98. The lowest BCUT2D eigenvalue weighted by Crippen LogP contribution is -2.29. The van der Waals surface area contributed by atoms with E-state index in [9.17, 15) is 0 Å². The Hall–Kier alpha value is -0.613. The van der Waals surface area contributed by atoms with E-state index < -0.39 is 8.32 Å². The molecule has 0 aliphatic carbocycles. The van der Waals surface area contributed by atoms with Crippen LogP contribution in [0.1, 0.15) is 0 Å². The summed E-state index contributed by atoms with van der Waals surface area (Å²) in [5, 5.41) is 0. The Balaban J connectivity index is 2.90. The second-order valence-electron chi connectivity index (χ2n) is 4.12. The number of thioether (sulfide) groups is 1. The van der Waals surface area contributed by atoms with Crippen molar-refractivity contribution in [2.75, 3.05) is 12.0 Å². The summed E-state index contributed by atoms with van der Waals surface area (Å²) in [5.41, 5.74) is 6.62. The molecule has 14 heavy (non-hydrogen) atoms. The SMILES string of the molecule is CSc1cc(O[Si](C)(C)C)ccc1N. The lowest BCUT2D eigenvalue weighted by Gasteiger charge is -2.19. The van der Waals surface area contributed by atoms with Crippen molar-refractivity contribution in [3.63, 3.8) is 0 Å². The van der Waals surface area contributed by atoms with Gasteiger partial charge in [0, 0.05) is 10.6 Å². The third-order valence-electron chi connectivity index (χ3n) is 1.63. The lowest BCUT2D eigenvalue weighted by molar-refractivity contribution is 0.556. The molecule has 0 aliphatic rings. The van der Waals surface area contributed by atoms with Crippen LogP contribution in [0.2, 0.25) is 19.6 Å². The van der Waals surface area contributed by atoms with Gasteiger partial charge in [0.15, 0.2) is 0 Å². The van der Waals surface area contributed by atoms with Crippen LogP contribution in [0.4, 0.5) is 5.69 Å². The fourth-order valence-corrected chi connectivity index (χ4v) is 2.48. The minimum atomic E-state index is -1.50. The quantitative estimate of drug-likeness (QED) is 0.489. The number of nitrogens with two attached hydrogens (primary N) is 1. The van der Waals surface area contributed by atoms with Gasteiger partial charge in [-0.15, -0.1) is 11.8 Å². The molecule has 0 fully saturated rings. The highest BCUT2D eigenvalue weighted by atomic mass is 32.2. The minimum absolute atomic E-state index is 0.820. The van der Waals surface area contributed by atoms with E-state index in [1.54, 1.807) is 11.8 Å².